The molecule has 21 heavy (non-hydrogen) atoms. The van der Waals surface area contributed by atoms with Crippen LogP contribution in [0.25, 0.3) is 0 Å². The summed E-state index contributed by atoms with van der Waals surface area (Å²) in [6, 6.07) is 3.66. The molecule has 1 aromatic carbocycles. The largest absolute Gasteiger partial charge is 0.376 e. The Labute approximate surface area is 123 Å². The van der Waals surface area contributed by atoms with E-state index in [1.165, 1.54) is 12.1 Å². The van der Waals surface area contributed by atoms with Gasteiger partial charge in [-0.15, -0.1) is 0 Å². The maximum absolute atomic E-state index is 13.1. The Balaban J connectivity index is 1.96. The standard InChI is InChI=1S/C14H21FN4O2/c1-11(10-18-7-5-17(2)6-8-18)16-13-4-3-12(15)9-14(13)19(20)21/h3-4,9,11,16H,5-8,10H2,1-2H3. The van der Waals surface area contributed by atoms with Gasteiger partial charge >= 0.3 is 0 Å². The van der Waals surface area contributed by atoms with Gasteiger partial charge in [-0.05, 0) is 26.1 Å². The van der Waals surface area contributed by atoms with Crippen LogP contribution in [-0.2, 0) is 0 Å². The molecule has 0 radical (unpaired) electrons. The van der Waals surface area contributed by atoms with Gasteiger partial charge in [0.15, 0.2) is 0 Å². The summed E-state index contributed by atoms with van der Waals surface area (Å²) in [5.41, 5.74) is 0.142. The number of nitrogens with zero attached hydrogens (tertiary/aromatic N) is 3. The van der Waals surface area contributed by atoms with E-state index >= 15 is 0 Å². The Kier molecular flexibility index (Phi) is 5.08. The molecule has 0 aromatic heterocycles. The van der Waals surface area contributed by atoms with Crippen molar-refractivity contribution in [3.05, 3.63) is 34.1 Å². The van der Waals surface area contributed by atoms with E-state index in [9.17, 15) is 14.5 Å². The van der Waals surface area contributed by atoms with Crippen molar-refractivity contribution in [2.75, 3.05) is 45.1 Å². The molecule has 116 valence electrons. The van der Waals surface area contributed by atoms with E-state index in [-0.39, 0.29) is 11.7 Å². The van der Waals surface area contributed by atoms with Crippen molar-refractivity contribution in [3.63, 3.8) is 0 Å². The van der Waals surface area contributed by atoms with Crippen molar-refractivity contribution in [1.82, 2.24) is 9.80 Å². The second-order valence-corrected chi connectivity index (χ2v) is 5.57. The lowest BCUT2D eigenvalue weighted by Gasteiger charge is -2.34. The third-order valence-electron chi connectivity index (χ3n) is 3.69. The zero-order valence-corrected chi connectivity index (χ0v) is 12.4. The molecule has 1 fully saturated rings. The molecule has 1 unspecified atom stereocenters. The molecule has 1 N–H and O–H groups in total. The number of halogens is 1. The van der Waals surface area contributed by atoms with Crippen LogP contribution in [0.5, 0.6) is 0 Å². The number of nitrogens with one attached hydrogen (secondary N) is 1. The molecule has 1 aromatic rings. The maximum Gasteiger partial charge on any atom is 0.295 e. The van der Waals surface area contributed by atoms with Gasteiger partial charge in [0, 0.05) is 38.8 Å². The molecule has 0 spiro atoms. The number of nitro groups is 1. The number of piperazine rings is 1. The predicted molar refractivity (Wildman–Crippen MR) is 80.1 cm³/mol. The molecule has 1 atom stereocenters. The minimum absolute atomic E-state index is 0.0533. The van der Waals surface area contributed by atoms with Crippen molar-refractivity contribution >= 4 is 11.4 Å². The molecule has 1 aliphatic rings. The maximum atomic E-state index is 13.1. The number of benzene rings is 1. The van der Waals surface area contributed by atoms with Crippen LogP contribution >= 0.6 is 0 Å². The molecule has 2 rings (SSSR count). The Morgan fingerprint density at radius 1 is 1.38 bits per heavy atom. The zero-order chi connectivity index (χ0) is 15.4. The average Bonchev–Trinajstić information content (AvgIpc) is 2.43. The van der Waals surface area contributed by atoms with Gasteiger partial charge in [0.05, 0.1) is 11.0 Å². The first-order valence-electron chi connectivity index (χ1n) is 7.07. The smallest absolute Gasteiger partial charge is 0.295 e. The van der Waals surface area contributed by atoms with E-state index in [1.54, 1.807) is 0 Å². The van der Waals surface area contributed by atoms with Crippen LogP contribution in [-0.4, -0.2) is 60.5 Å². The van der Waals surface area contributed by atoms with Crippen molar-refractivity contribution in [2.45, 2.75) is 13.0 Å². The summed E-state index contributed by atoms with van der Waals surface area (Å²) in [4.78, 5) is 15.0. The van der Waals surface area contributed by atoms with Gasteiger partial charge in [-0.1, -0.05) is 0 Å². The Hall–Kier alpha value is -1.73. The second kappa shape index (κ2) is 6.82. The number of likely N-dealkylation sites (N-methyl/N-ethyl adjacent to an activating group) is 1. The van der Waals surface area contributed by atoms with Gasteiger partial charge in [0.25, 0.3) is 5.69 Å². The normalized spacial score (nSPS) is 18.4. The van der Waals surface area contributed by atoms with Crippen LogP contribution < -0.4 is 5.32 Å². The van der Waals surface area contributed by atoms with E-state index in [2.05, 4.69) is 22.2 Å². The fourth-order valence-corrected chi connectivity index (χ4v) is 2.51. The fourth-order valence-electron chi connectivity index (χ4n) is 2.51. The van der Waals surface area contributed by atoms with Crippen LogP contribution in [0, 0.1) is 15.9 Å². The molecule has 0 aliphatic carbocycles. The quantitative estimate of drug-likeness (QED) is 0.663. The highest BCUT2D eigenvalue weighted by Gasteiger charge is 2.19. The Morgan fingerprint density at radius 3 is 2.67 bits per heavy atom. The zero-order valence-electron chi connectivity index (χ0n) is 12.4. The van der Waals surface area contributed by atoms with Gasteiger partial charge in [0.1, 0.15) is 11.5 Å². The number of hydrogen-bond donors (Lipinski definition) is 1. The topological polar surface area (TPSA) is 61.6 Å². The lowest BCUT2D eigenvalue weighted by atomic mass is 10.2. The van der Waals surface area contributed by atoms with Crippen molar-refractivity contribution in [1.29, 1.82) is 0 Å². The molecule has 1 heterocycles. The van der Waals surface area contributed by atoms with Gasteiger partial charge < -0.3 is 10.2 Å². The summed E-state index contributed by atoms with van der Waals surface area (Å²) in [5.74, 6) is -0.598. The SMILES string of the molecule is CC(CN1CCN(C)CC1)Nc1ccc(F)cc1[N+](=O)[O-]. The van der Waals surface area contributed by atoms with Crippen molar-refractivity contribution in [2.24, 2.45) is 0 Å². The molecule has 0 amide bonds. The lowest BCUT2D eigenvalue weighted by molar-refractivity contribution is -0.384. The van der Waals surface area contributed by atoms with Crippen LogP contribution in [0.4, 0.5) is 15.8 Å². The molecule has 1 aliphatic heterocycles. The second-order valence-electron chi connectivity index (χ2n) is 5.57. The van der Waals surface area contributed by atoms with Crippen LogP contribution in [0.15, 0.2) is 18.2 Å². The highest BCUT2D eigenvalue weighted by Crippen LogP contribution is 2.25. The summed E-state index contributed by atoms with van der Waals surface area (Å²) in [5, 5.41) is 14.1. The highest BCUT2D eigenvalue weighted by atomic mass is 19.1. The van der Waals surface area contributed by atoms with Crippen LogP contribution in [0.2, 0.25) is 0 Å². The molecular formula is C14H21FN4O2. The van der Waals surface area contributed by atoms with Gasteiger partial charge in [-0.25, -0.2) is 4.39 Å². The average molecular weight is 296 g/mol. The molecule has 6 nitrogen and oxygen atoms in total. The fraction of sp³-hybridized carbons (Fsp3) is 0.571. The summed E-state index contributed by atoms with van der Waals surface area (Å²) >= 11 is 0. The third kappa shape index (κ3) is 4.37. The number of anilines is 1. The van der Waals surface area contributed by atoms with Crippen LogP contribution in [0.1, 0.15) is 6.92 Å². The summed E-state index contributed by atoms with van der Waals surface area (Å²) in [6.07, 6.45) is 0. The molecule has 1 saturated heterocycles. The van der Waals surface area contributed by atoms with Gasteiger partial charge in [-0.2, -0.15) is 0 Å². The lowest BCUT2D eigenvalue weighted by Crippen LogP contribution is -2.47. The molecule has 7 heteroatoms. The van der Waals surface area contributed by atoms with Gasteiger partial charge in [0.2, 0.25) is 0 Å². The Morgan fingerprint density at radius 2 is 2.05 bits per heavy atom. The van der Waals surface area contributed by atoms with E-state index in [0.29, 0.717) is 5.69 Å². The number of hydrogen-bond acceptors (Lipinski definition) is 5. The summed E-state index contributed by atoms with van der Waals surface area (Å²) in [6.45, 7) is 6.84. The van der Waals surface area contributed by atoms with Crippen molar-refractivity contribution < 1.29 is 9.31 Å². The molecule has 0 saturated carbocycles. The summed E-state index contributed by atoms with van der Waals surface area (Å²) < 4.78 is 13.1. The molecular weight excluding hydrogens is 275 g/mol. The summed E-state index contributed by atoms with van der Waals surface area (Å²) in [7, 11) is 2.10. The number of rotatable bonds is 5. The first-order chi connectivity index (χ1) is 9.95. The van der Waals surface area contributed by atoms with Crippen molar-refractivity contribution in [3.8, 4) is 0 Å². The Bertz CT molecular complexity index is 504. The van der Waals surface area contributed by atoms with E-state index in [1.807, 2.05) is 6.92 Å². The molecule has 0 bridgehead atoms. The predicted octanol–water partition coefficient (Wildman–Crippen LogP) is 1.78. The van der Waals surface area contributed by atoms with E-state index < -0.39 is 10.7 Å². The third-order valence-corrected chi connectivity index (χ3v) is 3.69. The van der Waals surface area contributed by atoms with Gasteiger partial charge in [-0.3, -0.25) is 15.0 Å². The van der Waals surface area contributed by atoms with E-state index in [4.69, 9.17) is 0 Å². The highest BCUT2D eigenvalue weighted by molar-refractivity contribution is 5.61. The first kappa shape index (κ1) is 15.7. The monoisotopic (exact) mass is 296 g/mol. The first-order valence-corrected chi connectivity index (χ1v) is 7.07. The van der Waals surface area contributed by atoms with Crippen LogP contribution in [0.3, 0.4) is 0 Å². The number of nitro benzene ring substituents is 1. The minimum atomic E-state index is -0.598. The van der Waals surface area contributed by atoms with E-state index in [0.717, 1.165) is 38.8 Å². The minimum Gasteiger partial charge on any atom is -0.376 e.